The highest BCUT2D eigenvalue weighted by molar-refractivity contribution is 5.91. The summed E-state index contributed by atoms with van der Waals surface area (Å²) >= 11 is 0. The molecule has 148 valence electrons. The number of aliphatic hydroxyl groups is 1. The largest absolute Gasteiger partial charge is 0.382 e. The number of hydrogen-bond acceptors (Lipinski definition) is 5. The number of nitrogens with one attached hydrogen (secondary N) is 2. The fourth-order valence-electron chi connectivity index (χ4n) is 2.08. The Hall–Kier alpha value is -1.38. The van der Waals surface area contributed by atoms with Crippen LogP contribution in [0.15, 0.2) is 0 Å². The summed E-state index contributed by atoms with van der Waals surface area (Å²) in [5, 5.41) is 14.7. The summed E-state index contributed by atoms with van der Waals surface area (Å²) in [4.78, 5) is 37.4. The fraction of sp³-hybridized carbons (Fsp3) is 0.812. The van der Waals surface area contributed by atoms with E-state index in [2.05, 4.69) is 10.6 Å². The maximum absolute atomic E-state index is 12.2. The lowest BCUT2D eigenvalue weighted by Crippen LogP contribution is -2.55. The molecule has 0 rings (SSSR count). The maximum atomic E-state index is 12.2. The molecule has 3 amide bonds. The lowest BCUT2D eigenvalue weighted by molar-refractivity contribution is -0.137. The van der Waals surface area contributed by atoms with Gasteiger partial charge in [0.05, 0.1) is 6.54 Å². The van der Waals surface area contributed by atoms with E-state index in [9.17, 15) is 19.5 Å². The first kappa shape index (κ1) is 25.9. The number of rotatable bonds is 8. The average molecular weight is 381 g/mol. The Morgan fingerprint density at radius 2 is 1.72 bits per heavy atom. The molecule has 0 saturated heterocycles. The molecule has 0 saturated carbocycles. The van der Waals surface area contributed by atoms with Crippen LogP contribution in [0.25, 0.3) is 0 Å². The molecule has 0 spiro atoms. The zero-order valence-corrected chi connectivity index (χ0v) is 16.8. The highest BCUT2D eigenvalue weighted by Gasteiger charge is 2.33. The Kier molecular flexibility index (Phi) is 11.7. The maximum Gasteiger partial charge on any atom is 0.250 e. The molecule has 5 N–H and O–H groups in total. The van der Waals surface area contributed by atoms with Gasteiger partial charge in [0, 0.05) is 20.1 Å². The van der Waals surface area contributed by atoms with Gasteiger partial charge in [0.2, 0.25) is 11.8 Å². The number of amides is 3. The number of hydrogen-bond donors (Lipinski definition) is 4. The minimum atomic E-state index is -1.36. The Balaban J connectivity index is 0. The van der Waals surface area contributed by atoms with E-state index in [1.165, 1.54) is 4.90 Å². The van der Waals surface area contributed by atoms with Crippen LogP contribution in [0.2, 0.25) is 0 Å². The Bertz CT molecular complexity index is 452. The molecule has 25 heavy (non-hydrogen) atoms. The van der Waals surface area contributed by atoms with Crippen molar-refractivity contribution in [1.82, 2.24) is 15.5 Å². The van der Waals surface area contributed by atoms with Gasteiger partial charge in [-0.2, -0.15) is 0 Å². The number of carbonyl (C=O) groups is 3. The van der Waals surface area contributed by atoms with E-state index in [4.69, 9.17) is 5.73 Å². The van der Waals surface area contributed by atoms with Crippen molar-refractivity contribution in [2.45, 2.75) is 58.7 Å². The molecule has 0 aromatic rings. The number of likely N-dealkylation sites (N-methyl/N-ethyl adjacent to an activating group) is 1. The average Bonchev–Trinajstić information content (AvgIpc) is 2.47. The number of halogens is 1. The quantitative estimate of drug-likeness (QED) is 0.457. The summed E-state index contributed by atoms with van der Waals surface area (Å²) in [7, 11) is 3.22. The minimum Gasteiger partial charge on any atom is -0.382 e. The van der Waals surface area contributed by atoms with Gasteiger partial charge in [0.15, 0.2) is 0 Å². The predicted molar refractivity (Wildman–Crippen MR) is 99.2 cm³/mol. The number of aliphatic hydroxyl groups excluding tert-OH is 1. The molecule has 0 radical (unpaired) electrons. The van der Waals surface area contributed by atoms with Crippen molar-refractivity contribution in [2.75, 3.05) is 20.6 Å². The van der Waals surface area contributed by atoms with Crippen molar-refractivity contribution in [2.24, 2.45) is 11.1 Å². The number of nitrogens with two attached hydrogens (primary N) is 1. The van der Waals surface area contributed by atoms with Crippen LogP contribution in [0.3, 0.4) is 0 Å². The summed E-state index contributed by atoms with van der Waals surface area (Å²) in [5.41, 5.74) is 5.20. The Morgan fingerprint density at radius 1 is 1.20 bits per heavy atom. The van der Waals surface area contributed by atoms with Crippen molar-refractivity contribution >= 4 is 30.1 Å². The van der Waals surface area contributed by atoms with Crippen molar-refractivity contribution in [3.05, 3.63) is 0 Å². The third-order valence-electron chi connectivity index (χ3n) is 3.58. The van der Waals surface area contributed by atoms with Crippen LogP contribution < -0.4 is 16.4 Å². The molecule has 0 aliphatic heterocycles. The topological polar surface area (TPSA) is 125 Å². The molecular formula is C16H33ClN4O4. The van der Waals surface area contributed by atoms with E-state index in [0.29, 0.717) is 6.42 Å². The van der Waals surface area contributed by atoms with E-state index in [1.807, 2.05) is 27.7 Å². The van der Waals surface area contributed by atoms with Crippen molar-refractivity contribution in [3.8, 4) is 0 Å². The molecule has 0 aromatic carbocycles. The molecule has 0 fully saturated rings. The second-order valence-electron chi connectivity index (χ2n) is 7.21. The molecule has 3 atom stereocenters. The molecule has 9 heteroatoms. The van der Waals surface area contributed by atoms with Crippen molar-refractivity contribution in [1.29, 1.82) is 0 Å². The second-order valence-corrected chi connectivity index (χ2v) is 7.21. The van der Waals surface area contributed by atoms with Gasteiger partial charge < -0.3 is 26.4 Å². The monoisotopic (exact) mass is 380 g/mol. The fourth-order valence-corrected chi connectivity index (χ4v) is 2.08. The van der Waals surface area contributed by atoms with Crippen molar-refractivity contribution in [3.63, 3.8) is 0 Å². The van der Waals surface area contributed by atoms with Gasteiger partial charge in [-0.05, 0) is 11.8 Å². The highest BCUT2D eigenvalue weighted by atomic mass is 35.5. The zero-order chi connectivity index (χ0) is 19.1. The van der Waals surface area contributed by atoms with Crippen LogP contribution in [0.1, 0.15) is 40.5 Å². The molecule has 8 nitrogen and oxygen atoms in total. The van der Waals surface area contributed by atoms with E-state index >= 15 is 0 Å². The number of nitrogens with zero attached hydrogens (tertiary/aromatic N) is 1. The van der Waals surface area contributed by atoms with Crippen LogP contribution in [0.4, 0.5) is 0 Å². The van der Waals surface area contributed by atoms with Gasteiger partial charge in [-0.1, -0.05) is 34.1 Å². The normalized spacial score (nSPS) is 14.6. The number of carbonyl (C=O) groups excluding carboxylic acids is 3. The molecule has 0 aliphatic rings. The first-order valence-corrected chi connectivity index (χ1v) is 8.13. The van der Waals surface area contributed by atoms with Crippen LogP contribution >= 0.6 is 12.4 Å². The summed E-state index contributed by atoms with van der Waals surface area (Å²) in [6.07, 6.45) is -0.115. The Morgan fingerprint density at radius 3 is 2.12 bits per heavy atom. The summed E-state index contributed by atoms with van der Waals surface area (Å²) in [6, 6.07) is -1.39. The van der Waals surface area contributed by atoms with Crippen LogP contribution in [0.5, 0.6) is 0 Å². The summed E-state index contributed by atoms with van der Waals surface area (Å²) in [6.45, 7) is 7.08. The summed E-state index contributed by atoms with van der Waals surface area (Å²) < 4.78 is 0. The predicted octanol–water partition coefficient (Wildman–Crippen LogP) is -0.368. The lowest BCUT2D eigenvalue weighted by Gasteiger charge is -2.32. The SMILES string of the molecule is CCC[C@H](N)C(O)C(=O)NCC(=O)N[C@H](C(=O)N(C)C)C(C)(C)C.Cl. The molecule has 0 heterocycles. The van der Waals surface area contributed by atoms with E-state index in [1.54, 1.807) is 14.1 Å². The van der Waals surface area contributed by atoms with E-state index in [0.717, 1.165) is 6.42 Å². The highest BCUT2D eigenvalue weighted by Crippen LogP contribution is 2.20. The minimum absolute atomic E-state index is 0. The van der Waals surface area contributed by atoms with E-state index in [-0.39, 0.29) is 24.9 Å². The van der Waals surface area contributed by atoms with Gasteiger partial charge in [-0.15, -0.1) is 12.4 Å². The zero-order valence-electron chi connectivity index (χ0n) is 16.0. The second kappa shape index (κ2) is 11.3. The standard InChI is InChI=1S/C16H32N4O4.ClH/c1-7-8-10(17)12(22)14(23)18-9-11(21)19-13(16(2,3)4)15(24)20(5)6;/h10,12-13,22H,7-9,17H2,1-6H3,(H,18,23)(H,19,21);1H/t10-,12?,13+;/m0./s1. The summed E-state index contributed by atoms with van der Waals surface area (Å²) in [5.74, 6) is -1.43. The molecule has 0 aliphatic carbocycles. The third kappa shape index (κ3) is 9.04. The van der Waals surface area contributed by atoms with Crippen LogP contribution in [-0.2, 0) is 14.4 Å². The van der Waals surface area contributed by atoms with Crippen LogP contribution in [0, 0.1) is 5.41 Å². The lowest BCUT2D eigenvalue weighted by atomic mass is 9.86. The van der Waals surface area contributed by atoms with Gasteiger partial charge >= 0.3 is 0 Å². The van der Waals surface area contributed by atoms with Gasteiger partial charge in [-0.25, -0.2) is 0 Å². The van der Waals surface area contributed by atoms with Gasteiger partial charge in [0.25, 0.3) is 5.91 Å². The van der Waals surface area contributed by atoms with Crippen molar-refractivity contribution < 1.29 is 19.5 Å². The molecule has 0 aromatic heterocycles. The molecular weight excluding hydrogens is 348 g/mol. The smallest absolute Gasteiger partial charge is 0.250 e. The van der Waals surface area contributed by atoms with Crippen LogP contribution in [-0.4, -0.2) is 66.6 Å². The van der Waals surface area contributed by atoms with Gasteiger partial charge in [-0.3, -0.25) is 14.4 Å². The van der Waals surface area contributed by atoms with E-state index < -0.39 is 35.4 Å². The Labute approximate surface area is 156 Å². The molecule has 0 bridgehead atoms. The first-order valence-electron chi connectivity index (χ1n) is 8.13. The first-order chi connectivity index (χ1) is 10.9. The molecule has 1 unspecified atom stereocenters. The van der Waals surface area contributed by atoms with Gasteiger partial charge in [0.1, 0.15) is 12.1 Å². The third-order valence-corrected chi connectivity index (χ3v) is 3.58.